The molecule has 0 bridgehead atoms. The van der Waals surface area contributed by atoms with Crippen LogP contribution in [-0.2, 0) is 6.54 Å². The average Bonchev–Trinajstić information content (AvgIpc) is 2.05. The van der Waals surface area contributed by atoms with Crippen LogP contribution in [0.3, 0.4) is 0 Å². The minimum Gasteiger partial charge on any atom is -0.396 e. The lowest BCUT2D eigenvalue weighted by Gasteiger charge is -2.12. The molecule has 0 saturated carbocycles. The molecule has 0 aliphatic carbocycles. The molecule has 0 spiro atoms. The predicted molar refractivity (Wildman–Crippen MR) is 48.2 cm³/mol. The molecule has 0 aromatic heterocycles. The maximum Gasteiger partial charge on any atom is 0.153 e. The van der Waals surface area contributed by atoms with Crippen molar-refractivity contribution in [3.05, 3.63) is 29.3 Å². The van der Waals surface area contributed by atoms with Crippen LogP contribution < -0.4 is 5.73 Å². The Morgan fingerprint density at radius 3 is 2.46 bits per heavy atom. The Labute approximate surface area is 76.0 Å². The van der Waals surface area contributed by atoms with Crippen molar-refractivity contribution in [2.75, 3.05) is 19.8 Å². The Morgan fingerprint density at radius 1 is 1.31 bits per heavy atom. The zero-order chi connectivity index (χ0) is 10.0. The number of rotatable bonds is 2. The molecule has 0 saturated heterocycles. The van der Waals surface area contributed by atoms with Gasteiger partial charge in [0, 0.05) is 12.1 Å². The van der Waals surface area contributed by atoms with Gasteiger partial charge in [-0.05, 0) is 26.2 Å². The van der Waals surface area contributed by atoms with Gasteiger partial charge in [-0.15, -0.1) is 0 Å². The fourth-order valence-electron chi connectivity index (χ4n) is 1.08. The third-order valence-electron chi connectivity index (χ3n) is 1.69. The van der Waals surface area contributed by atoms with Gasteiger partial charge in [0.25, 0.3) is 0 Å². The lowest BCUT2D eigenvalue weighted by atomic mass is 10.1. The summed E-state index contributed by atoms with van der Waals surface area (Å²) in [6.07, 6.45) is 0. The molecule has 0 amide bonds. The van der Waals surface area contributed by atoms with Crippen molar-refractivity contribution in [3.8, 4) is 0 Å². The maximum atomic E-state index is 13.2. The van der Waals surface area contributed by atoms with Gasteiger partial charge in [-0.25, -0.2) is 8.78 Å². The van der Waals surface area contributed by atoms with E-state index < -0.39 is 11.6 Å². The second-order valence-electron chi connectivity index (χ2n) is 3.17. The molecule has 13 heavy (non-hydrogen) atoms. The molecule has 4 heteroatoms. The number of nitrogens with zero attached hydrogens (tertiary/aromatic N) is 1. The van der Waals surface area contributed by atoms with Crippen molar-refractivity contribution in [2.45, 2.75) is 6.54 Å². The first kappa shape index (κ1) is 9.92. The van der Waals surface area contributed by atoms with Crippen molar-refractivity contribution >= 4 is 5.69 Å². The third-order valence-corrected chi connectivity index (χ3v) is 1.69. The molecule has 0 heterocycles. The van der Waals surface area contributed by atoms with Crippen molar-refractivity contribution in [2.24, 2.45) is 0 Å². The lowest BCUT2D eigenvalue weighted by molar-refractivity contribution is 0.381. The molecule has 0 aliphatic heterocycles. The Morgan fingerprint density at radius 2 is 1.92 bits per heavy atom. The van der Waals surface area contributed by atoms with Crippen molar-refractivity contribution in [3.63, 3.8) is 0 Å². The van der Waals surface area contributed by atoms with Gasteiger partial charge in [-0.2, -0.15) is 0 Å². The Bertz CT molecular complexity index is 311. The molecule has 0 fully saturated rings. The number of hydrogen-bond acceptors (Lipinski definition) is 2. The maximum absolute atomic E-state index is 13.2. The van der Waals surface area contributed by atoms with Crippen LogP contribution in [0.4, 0.5) is 14.5 Å². The second-order valence-corrected chi connectivity index (χ2v) is 3.17. The van der Waals surface area contributed by atoms with Crippen molar-refractivity contribution in [1.29, 1.82) is 0 Å². The fourth-order valence-corrected chi connectivity index (χ4v) is 1.08. The van der Waals surface area contributed by atoms with E-state index in [0.29, 0.717) is 0 Å². The summed E-state index contributed by atoms with van der Waals surface area (Å²) in [5.41, 5.74) is 5.31. The predicted octanol–water partition coefficient (Wildman–Crippen LogP) is 1.61. The zero-order valence-electron chi connectivity index (χ0n) is 7.64. The highest BCUT2D eigenvalue weighted by Crippen LogP contribution is 2.19. The third kappa shape index (κ3) is 2.15. The van der Waals surface area contributed by atoms with Crippen molar-refractivity contribution < 1.29 is 8.78 Å². The smallest absolute Gasteiger partial charge is 0.153 e. The summed E-state index contributed by atoms with van der Waals surface area (Å²) in [5, 5.41) is 0. The van der Waals surface area contributed by atoms with Gasteiger partial charge in [-0.3, -0.25) is 0 Å². The molecule has 72 valence electrons. The van der Waals surface area contributed by atoms with E-state index in [1.165, 1.54) is 12.1 Å². The van der Waals surface area contributed by atoms with Crippen LogP contribution in [0.2, 0.25) is 0 Å². The monoisotopic (exact) mass is 186 g/mol. The standard InChI is InChI=1S/C9H12F2N2/c1-13(2)5-6-7(10)3-4-8(12)9(6)11/h3-4H,5,12H2,1-2H3. The highest BCUT2D eigenvalue weighted by atomic mass is 19.1. The van der Waals surface area contributed by atoms with Crippen molar-refractivity contribution in [1.82, 2.24) is 4.90 Å². The second kappa shape index (κ2) is 3.70. The first-order valence-corrected chi connectivity index (χ1v) is 3.89. The number of halogens is 2. The normalized spacial score (nSPS) is 10.8. The SMILES string of the molecule is CN(C)Cc1c(F)ccc(N)c1F. The van der Waals surface area contributed by atoms with Gasteiger partial charge >= 0.3 is 0 Å². The van der Waals surface area contributed by atoms with Gasteiger partial charge in [0.1, 0.15) is 5.82 Å². The number of hydrogen-bond donors (Lipinski definition) is 1. The first-order valence-electron chi connectivity index (χ1n) is 3.89. The van der Waals surface area contributed by atoms with Gasteiger partial charge in [-0.1, -0.05) is 0 Å². The zero-order valence-corrected chi connectivity index (χ0v) is 7.64. The molecule has 0 aliphatic rings. The Balaban J connectivity index is 3.10. The Kier molecular flexibility index (Phi) is 2.83. The van der Waals surface area contributed by atoms with E-state index in [1.54, 1.807) is 19.0 Å². The first-order chi connectivity index (χ1) is 6.02. The largest absolute Gasteiger partial charge is 0.396 e. The van der Waals surface area contributed by atoms with E-state index in [1.807, 2.05) is 0 Å². The van der Waals surface area contributed by atoms with E-state index in [-0.39, 0.29) is 17.8 Å². The molecular weight excluding hydrogens is 174 g/mol. The summed E-state index contributed by atoms with van der Waals surface area (Å²) in [6, 6.07) is 2.40. The molecule has 0 atom stereocenters. The van der Waals surface area contributed by atoms with E-state index in [9.17, 15) is 8.78 Å². The van der Waals surface area contributed by atoms with Crippen LogP contribution in [0.1, 0.15) is 5.56 Å². The minimum atomic E-state index is -0.659. The van der Waals surface area contributed by atoms with Crippen LogP contribution in [0, 0.1) is 11.6 Å². The molecule has 1 rings (SSSR count). The summed E-state index contributed by atoms with van der Waals surface area (Å²) in [7, 11) is 3.48. The lowest BCUT2D eigenvalue weighted by Crippen LogP contribution is -2.14. The number of benzene rings is 1. The average molecular weight is 186 g/mol. The van der Waals surface area contributed by atoms with E-state index in [2.05, 4.69) is 0 Å². The van der Waals surface area contributed by atoms with Crippen LogP contribution in [-0.4, -0.2) is 19.0 Å². The molecule has 1 aromatic rings. The quantitative estimate of drug-likeness (QED) is 0.711. The summed E-state index contributed by atoms with van der Waals surface area (Å²) >= 11 is 0. The van der Waals surface area contributed by atoms with E-state index >= 15 is 0 Å². The van der Waals surface area contributed by atoms with Gasteiger partial charge < -0.3 is 10.6 Å². The highest BCUT2D eigenvalue weighted by Gasteiger charge is 2.11. The molecule has 2 nitrogen and oxygen atoms in total. The van der Waals surface area contributed by atoms with E-state index in [4.69, 9.17) is 5.73 Å². The highest BCUT2D eigenvalue weighted by molar-refractivity contribution is 5.43. The topological polar surface area (TPSA) is 29.3 Å². The molecule has 1 aromatic carbocycles. The summed E-state index contributed by atoms with van der Waals surface area (Å²) < 4.78 is 26.3. The summed E-state index contributed by atoms with van der Waals surface area (Å²) in [5.74, 6) is -1.21. The number of nitrogen functional groups attached to an aromatic ring is 1. The van der Waals surface area contributed by atoms with Crippen LogP contribution >= 0.6 is 0 Å². The van der Waals surface area contributed by atoms with Crippen LogP contribution in [0.15, 0.2) is 12.1 Å². The van der Waals surface area contributed by atoms with Crippen LogP contribution in [0.5, 0.6) is 0 Å². The van der Waals surface area contributed by atoms with E-state index in [0.717, 1.165) is 0 Å². The Hall–Kier alpha value is -1.16. The minimum absolute atomic E-state index is 0.0155. The summed E-state index contributed by atoms with van der Waals surface area (Å²) in [6.45, 7) is 0.211. The van der Waals surface area contributed by atoms with Gasteiger partial charge in [0.15, 0.2) is 5.82 Å². The molecule has 0 unspecified atom stereocenters. The number of nitrogens with two attached hydrogens (primary N) is 1. The molecule has 2 N–H and O–H groups in total. The summed E-state index contributed by atoms with van der Waals surface area (Å²) in [4.78, 5) is 1.68. The van der Waals surface area contributed by atoms with Crippen LogP contribution in [0.25, 0.3) is 0 Å². The number of anilines is 1. The molecular formula is C9H12F2N2. The molecule has 0 radical (unpaired) electrons. The van der Waals surface area contributed by atoms with Gasteiger partial charge in [0.2, 0.25) is 0 Å². The fraction of sp³-hybridized carbons (Fsp3) is 0.333. The van der Waals surface area contributed by atoms with Gasteiger partial charge in [0.05, 0.1) is 5.69 Å².